The summed E-state index contributed by atoms with van der Waals surface area (Å²) in [5.74, 6) is -1.64. The van der Waals surface area contributed by atoms with Crippen LogP contribution in [0, 0.1) is 6.92 Å². The van der Waals surface area contributed by atoms with E-state index in [2.05, 4.69) is 10.1 Å². The van der Waals surface area contributed by atoms with Gasteiger partial charge in [0.05, 0.1) is 18.2 Å². The Hall–Kier alpha value is -3.15. The fourth-order valence-corrected chi connectivity index (χ4v) is 2.16. The summed E-state index contributed by atoms with van der Waals surface area (Å²) in [5, 5.41) is 2.70. The van der Waals surface area contributed by atoms with Crippen LogP contribution in [0.2, 0.25) is 0 Å². The number of hydrogen-bond donors (Lipinski definition) is 1. The monoisotopic (exact) mass is 341 g/mol. The van der Waals surface area contributed by atoms with Crippen LogP contribution in [-0.4, -0.2) is 31.6 Å². The van der Waals surface area contributed by atoms with Gasteiger partial charge in [0.2, 0.25) is 0 Å². The van der Waals surface area contributed by atoms with Gasteiger partial charge in [-0.05, 0) is 36.2 Å². The van der Waals surface area contributed by atoms with Crippen LogP contribution in [0.25, 0.3) is 0 Å². The number of methoxy groups -OCH3 is 1. The molecule has 0 unspecified atom stereocenters. The molecule has 25 heavy (non-hydrogen) atoms. The number of benzene rings is 2. The van der Waals surface area contributed by atoms with Crippen LogP contribution in [0.3, 0.4) is 0 Å². The number of rotatable bonds is 6. The third kappa shape index (κ3) is 5.17. The van der Waals surface area contributed by atoms with Crippen LogP contribution in [0.5, 0.6) is 0 Å². The van der Waals surface area contributed by atoms with Crippen molar-refractivity contribution in [3.8, 4) is 0 Å². The van der Waals surface area contributed by atoms with Crippen molar-refractivity contribution < 1.29 is 23.9 Å². The number of esters is 2. The minimum absolute atomic E-state index is 0.176. The van der Waals surface area contributed by atoms with Crippen molar-refractivity contribution in [2.75, 3.05) is 13.7 Å². The Morgan fingerprint density at radius 2 is 1.64 bits per heavy atom. The molecule has 0 saturated heterocycles. The highest BCUT2D eigenvalue weighted by Gasteiger charge is 2.13. The second-order valence-corrected chi connectivity index (χ2v) is 5.35. The van der Waals surface area contributed by atoms with Crippen molar-refractivity contribution >= 4 is 17.8 Å². The number of carbonyl (C=O) groups is 3. The third-order valence-electron chi connectivity index (χ3n) is 3.59. The molecule has 0 aromatic heterocycles. The van der Waals surface area contributed by atoms with Crippen molar-refractivity contribution in [1.82, 2.24) is 5.32 Å². The Labute approximate surface area is 145 Å². The molecule has 0 radical (unpaired) electrons. The lowest BCUT2D eigenvalue weighted by Crippen LogP contribution is -2.28. The zero-order valence-electron chi connectivity index (χ0n) is 14.1. The molecule has 6 heteroatoms. The number of aryl methyl sites for hydroxylation is 1. The van der Waals surface area contributed by atoms with E-state index in [0.717, 1.165) is 11.1 Å². The lowest BCUT2D eigenvalue weighted by Gasteiger charge is -2.09. The van der Waals surface area contributed by atoms with E-state index in [4.69, 9.17) is 4.74 Å². The Kier molecular flexibility index (Phi) is 6.28. The first-order valence-corrected chi connectivity index (χ1v) is 7.68. The molecular formula is C19H19NO5. The zero-order valence-corrected chi connectivity index (χ0v) is 14.1. The van der Waals surface area contributed by atoms with Crippen LogP contribution in [0.1, 0.15) is 31.8 Å². The molecule has 0 aliphatic carbocycles. The van der Waals surface area contributed by atoms with Crippen molar-refractivity contribution in [3.63, 3.8) is 0 Å². The number of hydrogen-bond acceptors (Lipinski definition) is 5. The molecule has 6 nitrogen and oxygen atoms in total. The second kappa shape index (κ2) is 8.63. The molecular weight excluding hydrogens is 322 g/mol. The van der Waals surface area contributed by atoms with E-state index in [1.54, 1.807) is 6.07 Å². The van der Waals surface area contributed by atoms with Crippen LogP contribution in [-0.2, 0) is 20.8 Å². The van der Waals surface area contributed by atoms with E-state index >= 15 is 0 Å². The van der Waals surface area contributed by atoms with E-state index in [9.17, 15) is 14.4 Å². The number of ether oxygens (including phenoxy) is 2. The van der Waals surface area contributed by atoms with Crippen molar-refractivity contribution in [3.05, 3.63) is 70.8 Å². The van der Waals surface area contributed by atoms with Gasteiger partial charge in [-0.15, -0.1) is 0 Å². The molecule has 0 saturated carbocycles. The minimum atomic E-state index is -0.684. The molecule has 2 aromatic rings. The van der Waals surface area contributed by atoms with Crippen molar-refractivity contribution in [2.45, 2.75) is 13.5 Å². The minimum Gasteiger partial charge on any atom is -0.465 e. The predicted molar refractivity (Wildman–Crippen MR) is 91.1 cm³/mol. The molecule has 0 fully saturated rings. The largest absolute Gasteiger partial charge is 0.465 e. The number of amides is 1. The first-order valence-electron chi connectivity index (χ1n) is 7.68. The molecule has 2 aromatic carbocycles. The summed E-state index contributed by atoms with van der Waals surface area (Å²) in [7, 11) is 1.26. The van der Waals surface area contributed by atoms with Crippen LogP contribution >= 0.6 is 0 Å². The van der Waals surface area contributed by atoms with Crippen molar-refractivity contribution in [2.24, 2.45) is 0 Å². The normalized spacial score (nSPS) is 10.0. The van der Waals surface area contributed by atoms with E-state index in [0.29, 0.717) is 6.54 Å². The molecule has 0 aliphatic heterocycles. The summed E-state index contributed by atoms with van der Waals surface area (Å²) in [6.07, 6.45) is 0. The lowest BCUT2D eigenvalue weighted by molar-refractivity contribution is -0.124. The Morgan fingerprint density at radius 3 is 2.32 bits per heavy atom. The van der Waals surface area contributed by atoms with Gasteiger partial charge < -0.3 is 14.8 Å². The maximum Gasteiger partial charge on any atom is 0.338 e. The van der Waals surface area contributed by atoms with E-state index in [-0.39, 0.29) is 11.1 Å². The summed E-state index contributed by atoms with van der Waals surface area (Å²) < 4.78 is 9.57. The number of carbonyl (C=O) groups excluding carboxylic acids is 3. The molecule has 0 aliphatic rings. The van der Waals surface area contributed by atoms with Gasteiger partial charge in [0.1, 0.15) is 0 Å². The van der Waals surface area contributed by atoms with Crippen molar-refractivity contribution in [1.29, 1.82) is 0 Å². The molecule has 130 valence electrons. The molecule has 0 atom stereocenters. The molecule has 0 bridgehead atoms. The van der Waals surface area contributed by atoms with Gasteiger partial charge in [-0.25, -0.2) is 9.59 Å². The highest BCUT2D eigenvalue weighted by atomic mass is 16.5. The standard InChI is InChI=1S/C19H19NO5/c1-13-6-3-4-7-16(13)11-20-17(21)12-25-19(23)15-9-5-8-14(10-15)18(22)24-2/h3-10H,11-12H2,1-2H3,(H,20,21). The van der Waals surface area contributed by atoms with Gasteiger partial charge in [-0.2, -0.15) is 0 Å². The summed E-state index contributed by atoms with van der Waals surface area (Å²) in [5.41, 5.74) is 2.47. The Morgan fingerprint density at radius 1 is 0.960 bits per heavy atom. The van der Waals surface area contributed by atoms with Gasteiger partial charge in [0.25, 0.3) is 5.91 Å². The summed E-state index contributed by atoms with van der Waals surface area (Å²) in [4.78, 5) is 35.3. The molecule has 1 amide bonds. The highest BCUT2D eigenvalue weighted by Crippen LogP contribution is 2.08. The predicted octanol–water partition coefficient (Wildman–Crippen LogP) is 2.25. The number of nitrogens with one attached hydrogen (secondary N) is 1. The fraction of sp³-hybridized carbons (Fsp3) is 0.211. The smallest absolute Gasteiger partial charge is 0.338 e. The Bertz CT molecular complexity index is 785. The third-order valence-corrected chi connectivity index (χ3v) is 3.59. The summed E-state index contributed by atoms with van der Waals surface area (Å²) in [6.45, 7) is 1.92. The zero-order chi connectivity index (χ0) is 18.2. The molecule has 1 N–H and O–H groups in total. The average Bonchev–Trinajstić information content (AvgIpc) is 2.64. The topological polar surface area (TPSA) is 81.7 Å². The quantitative estimate of drug-likeness (QED) is 0.815. The van der Waals surface area contributed by atoms with E-state index < -0.39 is 24.5 Å². The first-order chi connectivity index (χ1) is 12.0. The van der Waals surface area contributed by atoms with E-state index in [1.165, 1.54) is 25.3 Å². The first kappa shape index (κ1) is 18.2. The van der Waals surface area contributed by atoms with Gasteiger partial charge in [-0.3, -0.25) is 4.79 Å². The average molecular weight is 341 g/mol. The van der Waals surface area contributed by atoms with Gasteiger partial charge in [0, 0.05) is 6.54 Å². The maximum absolute atomic E-state index is 12.0. The highest BCUT2D eigenvalue weighted by molar-refractivity contribution is 5.96. The molecule has 0 spiro atoms. The Balaban J connectivity index is 1.86. The lowest BCUT2D eigenvalue weighted by atomic mass is 10.1. The summed E-state index contributed by atoms with van der Waals surface area (Å²) in [6, 6.07) is 13.6. The van der Waals surface area contributed by atoms with Crippen LogP contribution in [0.15, 0.2) is 48.5 Å². The molecule has 2 rings (SSSR count). The fourth-order valence-electron chi connectivity index (χ4n) is 2.16. The van der Waals surface area contributed by atoms with E-state index in [1.807, 2.05) is 31.2 Å². The van der Waals surface area contributed by atoms with Gasteiger partial charge in [0.15, 0.2) is 6.61 Å². The maximum atomic E-state index is 12.0. The SMILES string of the molecule is COC(=O)c1cccc(C(=O)OCC(=O)NCc2ccccc2C)c1. The molecule has 0 heterocycles. The van der Waals surface area contributed by atoms with Crippen LogP contribution < -0.4 is 5.32 Å². The van der Waals surface area contributed by atoms with Crippen LogP contribution in [0.4, 0.5) is 0 Å². The second-order valence-electron chi connectivity index (χ2n) is 5.35. The summed E-state index contributed by atoms with van der Waals surface area (Å²) >= 11 is 0. The van der Waals surface area contributed by atoms with Gasteiger partial charge in [-0.1, -0.05) is 30.3 Å². The van der Waals surface area contributed by atoms with Gasteiger partial charge >= 0.3 is 11.9 Å².